The fourth-order valence-electron chi connectivity index (χ4n) is 3.02. The van der Waals surface area contributed by atoms with Crippen molar-refractivity contribution in [2.24, 2.45) is 0 Å². The summed E-state index contributed by atoms with van der Waals surface area (Å²) in [4.78, 5) is 39.0. The Morgan fingerprint density at radius 3 is 2.67 bits per heavy atom. The standard InChI is InChI=1S/C19H23N3O4S/c1-13-12-15(21-18(24)14-6-5-11-26-14)27-17(13)19(25)20-8-7-16(23)22-9-3-2-4-10-22/h5-6,11-12H,2-4,7-10H2,1H3,(H,20,25)(H,21,24). The van der Waals surface area contributed by atoms with Crippen LogP contribution in [0, 0.1) is 6.92 Å². The Labute approximate surface area is 161 Å². The van der Waals surface area contributed by atoms with Crippen LogP contribution in [-0.4, -0.2) is 42.3 Å². The smallest absolute Gasteiger partial charge is 0.291 e. The molecule has 0 spiro atoms. The van der Waals surface area contributed by atoms with Crippen LogP contribution in [0.3, 0.4) is 0 Å². The number of carbonyl (C=O) groups is 3. The van der Waals surface area contributed by atoms with E-state index in [0.717, 1.165) is 31.5 Å². The topological polar surface area (TPSA) is 91.6 Å². The number of piperidine rings is 1. The molecular formula is C19H23N3O4S. The van der Waals surface area contributed by atoms with Crippen molar-refractivity contribution in [3.8, 4) is 0 Å². The minimum absolute atomic E-state index is 0.0873. The van der Waals surface area contributed by atoms with Crippen molar-refractivity contribution in [3.63, 3.8) is 0 Å². The van der Waals surface area contributed by atoms with Gasteiger partial charge in [-0.2, -0.15) is 0 Å². The summed E-state index contributed by atoms with van der Waals surface area (Å²) in [5.74, 6) is -0.296. The number of hydrogen-bond donors (Lipinski definition) is 2. The molecule has 1 saturated heterocycles. The average molecular weight is 389 g/mol. The highest BCUT2D eigenvalue weighted by Gasteiger charge is 2.18. The lowest BCUT2D eigenvalue weighted by Crippen LogP contribution is -2.37. The molecule has 0 saturated carbocycles. The molecule has 1 fully saturated rings. The maximum Gasteiger partial charge on any atom is 0.291 e. The molecule has 1 aliphatic rings. The number of nitrogens with zero attached hydrogens (tertiary/aromatic N) is 1. The molecule has 27 heavy (non-hydrogen) atoms. The number of rotatable bonds is 6. The molecule has 2 N–H and O–H groups in total. The Morgan fingerprint density at radius 1 is 1.19 bits per heavy atom. The molecule has 2 aromatic rings. The van der Waals surface area contributed by atoms with E-state index in [-0.39, 0.29) is 23.5 Å². The van der Waals surface area contributed by atoms with Crippen LogP contribution in [0.15, 0.2) is 28.9 Å². The summed E-state index contributed by atoms with van der Waals surface area (Å²) in [7, 11) is 0. The van der Waals surface area contributed by atoms with Gasteiger partial charge in [-0.25, -0.2) is 0 Å². The molecule has 0 aromatic carbocycles. The normalized spacial score (nSPS) is 14.0. The first-order valence-corrected chi connectivity index (χ1v) is 9.87. The molecule has 0 bridgehead atoms. The first-order valence-electron chi connectivity index (χ1n) is 9.06. The van der Waals surface area contributed by atoms with Gasteiger partial charge in [-0.1, -0.05) is 0 Å². The quantitative estimate of drug-likeness (QED) is 0.794. The predicted molar refractivity (Wildman–Crippen MR) is 103 cm³/mol. The highest BCUT2D eigenvalue weighted by molar-refractivity contribution is 7.18. The number of furan rings is 1. The maximum atomic E-state index is 12.4. The molecule has 1 aliphatic heterocycles. The van der Waals surface area contributed by atoms with Crippen molar-refractivity contribution < 1.29 is 18.8 Å². The lowest BCUT2D eigenvalue weighted by atomic mass is 10.1. The Balaban J connectivity index is 1.50. The molecule has 3 rings (SSSR count). The summed E-state index contributed by atoms with van der Waals surface area (Å²) in [5, 5.41) is 6.09. The summed E-state index contributed by atoms with van der Waals surface area (Å²) in [6.45, 7) is 3.75. The van der Waals surface area contributed by atoms with Gasteiger partial charge in [0.05, 0.1) is 16.1 Å². The van der Waals surface area contributed by atoms with Gasteiger partial charge in [0.1, 0.15) is 0 Å². The molecular weight excluding hydrogens is 366 g/mol. The number of aryl methyl sites for hydroxylation is 1. The van der Waals surface area contributed by atoms with Crippen molar-refractivity contribution >= 4 is 34.1 Å². The minimum Gasteiger partial charge on any atom is -0.459 e. The summed E-state index contributed by atoms with van der Waals surface area (Å²) in [6.07, 6.45) is 5.02. The SMILES string of the molecule is Cc1cc(NC(=O)c2ccco2)sc1C(=O)NCCC(=O)N1CCCCC1. The van der Waals surface area contributed by atoms with E-state index in [1.807, 2.05) is 11.8 Å². The molecule has 0 atom stereocenters. The maximum absolute atomic E-state index is 12.4. The van der Waals surface area contributed by atoms with E-state index in [1.54, 1.807) is 18.2 Å². The van der Waals surface area contributed by atoms with E-state index < -0.39 is 0 Å². The van der Waals surface area contributed by atoms with Gasteiger partial charge >= 0.3 is 0 Å². The Hall–Kier alpha value is -2.61. The van der Waals surface area contributed by atoms with Crippen LogP contribution in [0.4, 0.5) is 5.00 Å². The molecule has 3 amide bonds. The number of carbonyl (C=O) groups excluding carboxylic acids is 3. The Morgan fingerprint density at radius 2 is 1.96 bits per heavy atom. The lowest BCUT2D eigenvalue weighted by Gasteiger charge is -2.26. The van der Waals surface area contributed by atoms with E-state index in [9.17, 15) is 14.4 Å². The fourth-order valence-corrected chi connectivity index (χ4v) is 4.00. The van der Waals surface area contributed by atoms with Crippen LogP contribution < -0.4 is 10.6 Å². The van der Waals surface area contributed by atoms with E-state index in [0.29, 0.717) is 22.8 Å². The van der Waals surface area contributed by atoms with E-state index in [2.05, 4.69) is 10.6 Å². The van der Waals surface area contributed by atoms with Crippen molar-refractivity contribution in [2.75, 3.05) is 25.0 Å². The number of amides is 3. The highest BCUT2D eigenvalue weighted by atomic mass is 32.1. The molecule has 7 nitrogen and oxygen atoms in total. The summed E-state index contributed by atoms with van der Waals surface area (Å²) < 4.78 is 5.05. The molecule has 8 heteroatoms. The van der Waals surface area contributed by atoms with Crippen molar-refractivity contribution in [1.82, 2.24) is 10.2 Å². The van der Waals surface area contributed by atoms with E-state index >= 15 is 0 Å². The minimum atomic E-state index is -0.361. The van der Waals surface area contributed by atoms with Gasteiger partial charge in [0.25, 0.3) is 11.8 Å². The van der Waals surface area contributed by atoms with E-state index in [1.165, 1.54) is 24.0 Å². The van der Waals surface area contributed by atoms with Gasteiger partial charge in [-0.05, 0) is 49.9 Å². The number of likely N-dealkylation sites (tertiary alicyclic amines) is 1. The van der Waals surface area contributed by atoms with Crippen LogP contribution in [0.2, 0.25) is 0 Å². The highest BCUT2D eigenvalue weighted by Crippen LogP contribution is 2.27. The second kappa shape index (κ2) is 8.85. The number of thiophene rings is 1. The molecule has 0 unspecified atom stereocenters. The lowest BCUT2D eigenvalue weighted by molar-refractivity contribution is -0.131. The van der Waals surface area contributed by atoms with Crippen LogP contribution in [0.25, 0.3) is 0 Å². The van der Waals surface area contributed by atoms with E-state index in [4.69, 9.17) is 4.42 Å². The predicted octanol–water partition coefficient (Wildman–Crippen LogP) is 3.03. The third-order valence-corrected chi connectivity index (χ3v) is 5.59. The van der Waals surface area contributed by atoms with Gasteiger partial charge < -0.3 is 20.0 Å². The zero-order valence-corrected chi connectivity index (χ0v) is 16.1. The number of hydrogen-bond acceptors (Lipinski definition) is 5. The second-order valence-electron chi connectivity index (χ2n) is 6.50. The molecule has 0 radical (unpaired) electrons. The first kappa shape index (κ1) is 19.2. The fraction of sp³-hybridized carbons (Fsp3) is 0.421. The van der Waals surface area contributed by atoms with Crippen molar-refractivity contribution in [3.05, 3.63) is 40.7 Å². The van der Waals surface area contributed by atoms with Crippen LogP contribution >= 0.6 is 11.3 Å². The number of anilines is 1. The van der Waals surface area contributed by atoms with Gasteiger partial charge in [0.2, 0.25) is 5.91 Å². The molecule has 3 heterocycles. The van der Waals surface area contributed by atoms with Gasteiger partial charge in [0.15, 0.2) is 5.76 Å². The van der Waals surface area contributed by atoms with Crippen molar-refractivity contribution in [2.45, 2.75) is 32.6 Å². The van der Waals surface area contributed by atoms with Crippen LogP contribution in [-0.2, 0) is 4.79 Å². The zero-order valence-electron chi connectivity index (χ0n) is 15.2. The van der Waals surface area contributed by atoms with Gasteiger partial charge in [-0.15, -0.1) is 11.3 Å². The Kier molecular flexibility index (Phi) is 6.28. The monoisotopic (exact) mass is 389 g/mol. The summed E-state index contributed by atoms with van der Waals surface area (Å²) >= 11 is 1.20. The molecule has 2 aromatic heterocycles. The zero-order chi connectivity index (χ0) is 19.2. The number of nitrogens with one attached hydrogen (secondary N) is 2. The van der Waals surface area contributed by atoms with Crippen LogP contribution in [0.1, 0.15) is 51.5 Å². The third kappa shape index (κ3) is 4.97. The first-order chi connectivity index (χ1) is 13.0. The van der Waals surface area contributed by atoms with Crippen molar-refractivity contribution in [1.29, 1.82) is 0 Å². The Bertz CT molecular complexity index is 807. The average Bonchev–Trinajstić information content (AvgIpc) is 3.32. The molecule has 144 valence electrons. The van der Waals surface area contributed by atoms with Gasteiger partial charge in [0, 0.05) is 26.1 Å². The second-order valence-corrected chi connectivity index (χ2v) is 7.55. The summed E-state index contributed by atoms with van der Waals surface area (Å²) in [6, 6.07) is 4.96. The van der Waals surface area contributed by atoms with Gasteiger partial charge in [-0.3, -0.25) is 14.4 Å². The summed E-state index contributed by atoms with van der Waals surface area (Å²) in [5.41, 5.74) is 0.773. The third-order valence-electron chi connectivity index (χ3n) is 4.44. The van der Waals surface area contributed by atoms with Crippen LogP contribution in [0.5, 0.6) is 0 Å². The largest absolute Gasteiger partial charge is 0.459 e. The molecule has 0 aliphatic carbocycles.